The minimum Gasteiger partial charge on any atom is -0.326 e. The molecule has 23 heavy (non-hydrogen) atoms. The van der Waals surface area contributed by atoms with Crippen LogP contribution in [0, 0.1) is 11.3 Å². The van der Waals surface area contributed by atoms with Gasteiger partial charge >= 0.3 is 0 Å². The third kappa shape index (κ3) is 3.72. The van der Waals surface area contributed by atoms with E-state index in [0.29, 0.717) is 22.7 Å². The standard InChI is InChI=1S/C19H17ClN2O/c20-18-11-17(8-7-16(18)12-21)22-19(23)10-13-5-6-14-3-1-2-4-15(14)9-13/h5-9,11H,1-4,10H2,(H,22,23). The zero-order valence-corrected chi connectivity index (χ0v) is 13.5. The van der Waals surface area contributed by atoms with Gasteiger partial charge in [-0.1, -0.05) is 29.8 Å². The molecule has 0 aromatic heterocycles. The first kappa shape index (κ1) is 15.6. The molecule has 0 saturated heterocycles. The molecule has 0 bridgehead atoms. The Labute approximate surface area is 140 Å². The van der Waals surface area contributed by atoms with Crippen molar-refractivity contribution in [1.29, 1.82) is 5.26 Å². The monoisotopic (exact) mass is 324 g/mol. The molecule has 0 unspecified atom stereocenters. The molecule has 0 saturated carbocycles. The number of hydrogen-bond donors (Lipinski definition) is 1. The summed E-state index contributed by atoms with van der Waals surface area (Å²) in [6.45, 7) is 0. The number of halogens is 1. The molecule has 1 N–H and O–H groups in total. The largest absolute Gasteiger partial charge is 0.326 e. The van der Waals surface area contributed by atoms with E-state index in [1.807, 2.05) is 12.1 Å². The van der Waals surface area contributed by atoms with Crippen molar-refractivity contribution in [3.63, 3.8) is 0 Å². The van der Waals surface area contributed by atoms with Gasteiger partial charge in [0.05, 0.1) is 17.0 Å². The Bertz CT molecular complexity index is 792. The maximum Gasteiger partial charge on any atom is 0.228 e. The second-order valence-corrected chi connectivity index (χ2v) is 6.25. The van der Waals surface area contributed by atoms with E-state index in [9.17, 15) is 4.79 Å². The normalized spacial score (nSPS) is 13.0. The summed E-state index contributed by atoms with van der Waals surface area (Å²) in [5.74, 6) is -0.0819. The van der Waals surface area contributed by atoms with Crippen molar-refractivity contribution in [2.75, 3.05) is 5.32 Å². The fourth-order valence-electron chi connectivity index (χ4n) is 2.97. The van der Waals surface area contributed by atoms with Gasteiger partial charge in [0.25, 0.3) is 0 Å². The summed E-state index contributed by atoms with van der Waals surface area (Å²) < 4.78 is 0. The molecule has 0 fully saturated rings. The highest BCUT2D eigenvalue weighted by Crippen LogP contribution is 2.23. The summed E-state index contributed by atoms with van der Waals surface area (Å²) >= 11 is 5.98. The van der Waals surface area contributed by atoms with Gasteiger partial charge in [0.15, 0.2) is 0 Å². The number of carbonyl (C=O) groups is 1. The smallest absolute Gasteiger partial charge is 0.228 e. The Morgan fingerprint density at radius 1 is 1.13 bits per heavy atom. The Hall–Kier alpha value is -2.31. The number of hydrogen-bond acceptors (Lipinski definition) is 2. The molecule has 2 aromatic rings. The fourth-order valence-corrected chi connectivity index (χ4v) is 3.19. The summed E-state index contributed by atoms with van der Waals surface area (Å²) in [4.78, 5) is 12.2. The fraction of sp³-hybridized carbons (Fsp3) is 0.263. The molecule has 116 valence electrons. The second kappa shape index (κ2) is 6.85. The van der Waals surface area contributed by atoms with Crippen molar-refractivity contribution < 1.29 is 4.79 Å². The third-order valence-electron chi connectivity index (χ3n) is 4.15. The third-order valence-corrected chi connectivity index (χ3v) is 4.46. The molecule has 0 aliphatic heterocycles. The number of fused-ring (bicyclic) bond motifs is 1. The van der Waals surface area contributed by atoms with Crippen LogP contribution in [-0.4, -0.2) is 5.91 Å². The summed E-state index contributed by atoms with van der Waals surface area (Å²) in [6, 6.07) is 13.2. The molecule has 0 atom stereocenters. The summed E-state index contributed by atoms with van der Waals surface area (Å²) in [7, 11) is 0. The number of aryl methyl sites for hydroxylation is 2. The van der Waals surface area contributed by atoms with Crippen molar-refractivity contribution in [3.05, 3.63) is 63.7 Å². The van der Waals surface area contributed by atoms with E-state index in [0.717, 1.165) is 18.4 Å². The average Bonchev–Trinajstić information content (AvgIpc) is 2.55. The van der Waals surface area contributed by atoms with Gasteiger partial charge in [0.2, 0.25) is 5.91 Å². The maximum atomic E-state index is 12.2. The van der Waals surface area contributed by atoms with Gasteiger partial charge in [0.1, 0.15) is 6.07 Å². The van der Waals surface area contributed by atoms with E-state index in [4.69, 9.17) is 16.9 Å². The molecule has 1 aliphatic rings. The summed E-state index contributed by atoms with van der Waals surface area (Å²) in [5, 5.41) is 12.0. The van der Waals surface area contributed by atoms with Gasteiger partial charge in [-0.05, 0) is 60.6 Å². The number of anilines is 1. The van der Waals surface area contributed by atoms with Crippen LogP contribution in [0.25, 0.3) is 0 Å². The molecule has 2 aromatic carbocycles. The number of benzene rings is 2. The van der Waals surface area contributed by atoms with Crippen LogP contribution in [0.5, 0.6) is 0 Å². The van der Waals surface area contributed by atoms with Gasteiger partial charge in [-0.15, -0.1) is 0 Å². The predicted octanol–water partition coefficient (Wildman–Crippen LogP) is 4.27. The van der Waals surface area contributed by atoms with E-state index >= 15 is 0 Å². The van der Waals surface area contributed by atoms with Crippen LogP contribution in [0.3, 0.4) is 0 Å². The summed E-state index contributed by atoms with van der Waals surface area (Å²) in [5.41, 5.74) is 4.83. The summed E-state index contributed by atoms with van der Waals surface area (Å²) in [6.07, 6.45) is 5.07. The lowest BCUT2D eigenvalue weighted by atomic mass is 9.90. The van der Waals surface area contributed by atoms with E-state index in [1.165, 1.54) is 24.0 Å². The molecule has 0 heterocycles. The molecule has 4 heteroatoms. The minimum atomic E-state index is -0.0819. The highest BCUT2D eigenvalue weighted by Gasteiger charge is 2.11. The topological polar surface area (TPSA) is 52.9 Å². The lowest BCUT2D eigenvalue weighted by molar-refractivity contribution is -0.115. The average molecular weight is 325 g/mol. The number of carbonyl (C=O) groups excluding carboxylic acids is 1. The van der Waals surface area contributed by atoms with Crippen LogP contribution >= 0.6 is 11.6 Å². The lowest BCUT2D eigenvalue weighted by Crippen LogP contribution is -2.15. The molecule has 1 aliphatic carbocycles. The first-order chi connectivity index (χ1) is 11.2. The Morgan fingerprint density at radius 2 is 1.91 bits per heavy atom. The van der Waals surface area contributed by atoms with Crippen LogP contribution < -0.4 is 5.32 Å². The molecule has 1 amide bonds. The molecular formula is C19H17ClN2O. The maximum absolute atomic E-state index is 12.2. The van der Waals surface area contributed by atoms with Crippen LogP contribution in [0.4, 0.5) is 5.69 Å². The van der Waals surface area contributed by atoms with Crippen LogP contribution in [-0.2, 0) is 24.1 Å². The van der Waals surface area contributed by atoms with E-state index < -0.39 is 0 Å². The minimum absolute atomic E-state index is 0.0819. The number of nitriles is 1. The number of rotatable bonds is 3. The Balaban J connectivity index is 1.68. The molecule has 3 rings (SSSR count). The van der Waals surface area contributed by atoms with Gasteiger partial charge in [-0.2, -0.15) is 5.26 Å². The quantitative estimate of drug-likeness (QED) is 0.916. The van der Waals surface area contributed by atoms with Crippen molar-refractivity contribution in [2.45, 2.75) is 32.1 Å². The van der Waals surface area contributed by atoms with Crippen molar-refractivity contribution >= 4 is 23.2 Å². The van der Waals surface area contributed by atoms with Crippen molar-refractivity contribution in [3.8, 4) is 6.07 Å². The SMILES string of the molecule is N#Cc1ccc(NC(=O)Cc2ccc3c(c2)CCCC3)cc1Cl. The van der Waals surface area contributed by atoms with E-state index in [1.54, 1.807) is 18.2 Å². The Morgan fingerprint density at radius 3 is 2.65 bits per heavy atom. The van der Waals surface area contributed by atoms with E-state index in [-0.39, 0.29) is 5.91 Å². The molecule has 0 radical (unpaired) electrons. The van der Waals surface area contributed by atoms with Crippen molar-refractivity contribution in [2.24, 2.45) is 0 Å². The molecule has 0 spiro atoms. The molecular weight excluding hydrogens is 308 g/mol. The highest BCUT2D eigenvalue weighted by atomic mass is 35.5. The second-order valence-electron chi connectivity index (χ2n) is 5.84. The zero-order chi connectivity index (χ0) is 16.2. The van der Waals surface area contributed by atoms with E-state index in [2.05, 4.69) is 17.4 Å². The lowest BCUT2D eigenvalue weighted by Gasteiger charge is -2.16. The van der Waals surface area contributed by atoms with Gasteiger partial charge < -0.3 is 5.32 Å². The number of nitrogens with one attached hydrogen (secondary N) is 1. The van der Waals surface area contributed by atoms with Crippen molar-refractivity contribution in [1.82, 2.24) is 0 Å². The first-order valence-corrected chi connectivity index (χ1v) is 8.13. The first-order valence-electron chi connectivity index (χ1n) is 7.76. The number of nitrogens with zero attached hydrogens (tertiary/aromatic N) is 1. The van der Waals surface area contributed by atoms with Gasteiger partial charge in [0, 0.05) is 5.69 Å². The predicted molar refractivity (Wildman–Crippen MR) is 91.6 cm³/mol. The van der Waals surface area contributed by atoms with Gasteiger partial charge in [-0.25, -0.2) is 0 Å². The number of amides is 1. The van der Waals surface area contributed by atoms with Gasteiger partial charge in [-0.3, -0.25) is 4.79 Å². The van der Waals surface area contributed by atoms with Crippen LogP contribution in [0.2, 0.25) is 5.02 Å². The van der Waals surface area contributed by atoms with Crippen LogP contribution in [0.1, 0.15) is 35.1 Å². The Kier molecular flexibility index (Phi) is 4.64. The van der Waals surface area contributed by atoms with Crippen LogP contribution in [0.15, 0.2) is 36.4 Å². The highest BCUT2D eigenvalue weighted by molar-refractivity contribution is 6.32. The molecule has 3 nitrogen and oxygen atoms in total. The zero-order valence-electron chi connectivity index (χ0n) is 12.7.